The second-order valence-corrected chi connectivity index (χ2v) is 5.57. The molecule has 0 aliphatic rings. The number of nitrogens with two attached hydrogens (primary N) is 1. The van der Waals surface area contributed by atoms with Crippen LogP contribution in [0.4, 0.5) is 5.69 Å². The van der Waals surface area contributed by atoms with Crippen molar-refractivity contribution in [3.05, 3.63) is 30.1 Å². The molecule has 2 aromatic rings. The second kappa shape index (κ2) is 5.23. The first kappa shape index (κ1) is 12.0. The predicted octanol–water partition coefficient (Wildman–Crippen LogP) is 2.96. The van der Waals surface area contributed by atoms with Gasteiger partial charge in [0.2, 0.25) is 0 Å². The number of nitrogens with zero attached hydrogens (tertiary/aromatic N) is 2. The zero-order chi connectivity index (χ0) is 12.3. The van der Waals surface area contributed by atoms with Crippen LogP contribution >= 0.6 is 11.8 Å². The van der Waals surface area contributed by atoms with Gasteiger partial charge in [0.25, 0.3) is 5.89 Å². The van der Waals surface area contributed by atoms with Crippen molar-refractivity contribution in [2.75, 3.05) is 5.73 Å². The molecule has 0 bridgehead atoms. The van der Waals surface area contributed by atoms with Crippen molar-refractivity contribution in [2.24, 2.45) is 0 Å². The normalized spacial score (nSPS) is 11.0. The Balaban J connectivity index is 2.12. The Morgan fingerprint density at radius 2 is 2.24 bits per heavy atom. The van der Waals surface area contributed by atoms with Gasteiger partial charge in [-0.15, -0.1) is 0 Å². The van der Waals surface area contributed by atoms with Gasteiger partial charge >= 0.3 is 0 Å². The van der Waals surface area contributed by atoms with Crippen LogP contribution in [0.1, 0.15) is 19.7 Å². The molecule has 1 aromatic heterocycles. The maximum atomic E-state index is 5.71. The van der Waals surface area contributed by atoms with Crippen molar-refractivity contribution in [3.63, 3.8) is 0 Å². The summed E-state index contributed by atoms with van der Waals surface area (Å²) in [4.78, 5) is 4.34. The van der Waals surface area contributed by atoms with Gasteiger partial charge in [-0.1, -0.05) is 25.1 Å². The minimum Gasteiger partial charge on any atom is -0.399 e. The Labute approximate surface area is 105 Å². The Hall–Kier alpha value is -1.49. The summed E-state index contributed by atoms with van der Waals surface area (Å²) in [6.07, 6.45) is 0. The van der Waals surface area contributed by atoms with Crippen LogP contribution in [0.3, 0.4) is 0 Å². The SMILES string of the molecule is CC(C)SCc1noc(-c2cccc(N)c2)n1. The molecule has 0 unspecified atom stereocenters. The highest BCUT2D eigenvalue weighted by Gasteiger charge is 2.09. The number of thioether (sulfide) groups is 1. The van der Waals surface area contributed by atoms with E-state index in [4.69, 9.17) is 10.3 Å². The quantitative estimate of drug-likeness (QED) is 0.844. The molecule has 1 heterocycles. The van der Waals surface area contributed by atoms with Crippen LogP contribution in [-0.4, -0.2) is 15.4 Å². The number of hydrogen-bond acceptors (Lipinski definition) is 5. The molecule has 0 radical (unpaired) electrons. The minimum absolute atomic E-state index is 0.525. The molecular formula is C12H15N3OS. The molecule has 0 spiro atoms. The predicted molar refractivity (Wildman–Crippen MR) is 70.6 cm³/mol. The van der Waals surface area contributed by atoms with Gasteiger partial charge in [-0.05, 0) is 23.4 Å². The van der Waals surface area contributed by atoms with Crippen molar-refractivity contribution in [3.8, 4) is 11.5 Å². The first-order valence-electron chi connectivity index (χ1n) is 5.45. The molecule has 0 amide bonds. The van der Waals surface area contributed by atoms with E-state index in [-0.39, 0.29) is 0 Å². The fraction of sp³-hybridized carbons (Fsp3) is 0.333. The van der Waals surface area contributed by atoms with Crippen LogP contribution in [0.2, 0.25) is 0 Å². The van der Waals surface area contributed by atoms with E-state index in [1.54, 1.807) is 11.8 Å². The van der Waals surface area contributed by atoms with Crippen LogP contribution in [-0.2, 0) is 5.75 Å². The van der Waals surface area contributed by atoms with Gasteiger partial charge in [0.15, 0.2) is 5.82 Å². The van der Waals surface area contributed by atoms with E-state index < -0.39 is 0 Å². The van der Waals surface area contributed by atoms with E-state index >= 15 is 0 Å². The molecular weight excluding hydrogens is 234 g/mol. The lowest BCUT2D eigenvalue weighted by atomic mass is 10.2. The summed E-state index contributed by atoms with van der Waals surface area (Å²) in [5, 5.41) is 4.51. The van der Waals surface area contributed by atoms with Crippen LogP contribution in [0.15, 0.2) is 28.8 Å². The first-order chi connectivity index (χ1) is 8.15. The molecule has 0 aliphatic carbocycles. The van der Waals surface area contributed by atoms with E-state index in [1.165, 1.54) is 0 Å². The third-order valence-electron chi connectivity index (χ3n) is 2.15. The lowest BCUT2D eigenvalue weighted by Gasteiger charge is -1.99. The smallest absolute Gasteiger partial charge is 0.258 e. The topological polar surface area (TPSA) is 64.9 Å². The van der Waals surface area contributed by atoms with Gasteiger partial charge in [-0.25, -0.2) is 0 Å². The Bertz CT molecular complexity index is 496. The third-order valence-corrected chi connectivity index (χ3v) is 3.24. The fourth-order valence-corrected chi connectivity index (χ4v) is 1.94. The molecule has 5 heteroatoms. The molecule has 1 aromatic carbocycles. The molecule has 0 saturated heterocycles. The maximum absolute atomic E-state index is 5.71. The second-order valence-electron chi connectivity index (χ2n) is 4.00. The fourth-order valence-electron chi connectivity index (χ4n) is 1.34. The molecule has 0 saturated carbocycles. The summed E-state index contributed by atoms with van der Waals surface area (Å²) in [6.45, 7) is 4.28. The van der Waals surface area contributed by atoms with Gasteiger partial charge in [0.1, 0.15) is 0 Å². The number of nitrogen functional groups attached to an aromatic ring is 1. The van der Waals surface area contributed by atoms with Crippen molar-refractivity contribution in [2.45, 2.75) is 24.9 Å². The minimum atomic E-state index is 0.525. The molecule has 0 fully saturated rings. The van der Waals surface area contributed by atoms with Crippen molar-refractivity contribution in [1.29, 1.82) is 0 Å². The molecule has 2 N–H and O–H groups in total. The highest BCUT2D eigenvalue weighted by molar-refractivity contribution is 7.99. The summed E-state index contributed by atoms with van der Waals surface area (Å²) in [5.41, 5.74) is 7.26. The zero-order valence-corrected chi connectivity index (χ0v) is 10.7. The van der Waals surface area contributed by atoms with Crippen molar-refractivity contribution in [1.82, 2.24) is 10.1 Å². The summed E-state index contributed by atoms with van der Waals surface area (Å²) in [5.74, 6) is 2.02. The van der Waals surface area contributed by atoms with Gasteiger partial charge < -0.3 is 10.3 Å². The molecule has 90 valence electrons. The van der Waals surface area contributed by atoms with E-state index in [2.05, 4.69) is 24.0 Å². The van der Waals surface area contributed by atoms with Crippen LogP contribution in [0.5, 0.6) is 0 Å². The lowest BCUT2D eigenvalue weighted by molar-refractivity contribution is 0.425. The van der Waals surface area contributed by atoms with Crippen LogP contribution < -0.4 is 5.73 Å². The largest absolute Gasteiger partial charge is 0.399 e. The van der Waals surface area contributed by atoms with E-state index in [0.29, 0.717) is 16.8 Å². The van der Waals surface area contributed by atoms with E-state index in [0.717, 1.165) is 17.1 Å². The van der Waals surface area contributed by atoms with Gasteiger partial charge in [-0.3, -0.25) is 0 Å². The lowest BCUT2D eigenvalue weighted by Crippen LogP contribution is -1.90. The number of benzene rings is 1. The summed E-state index contributed by atoms with van der Waals surface area (Å²) >= 11 is 1.79. The molecule has 2 rings (SSSR count). The number of aromatic nitrogens is 2. The van der Waals surface area contributed by atoms with Gasteiger partial charge in [0, 0.05) is 11.3 Å². The van der Waals surface area contributed by atoms with Crippen LogP contribution in [0.25, 0.3) is 11.5 Å². The van der Waals surface area contributed by atoms with Crippen molar-refractivity contribution < 1.29 is 4.52 Å². The standard InChI is InChI=1S/C12H15N3OS/c1-8(2)17-7-11-14-12(16-15-11)9-4-3-5-10(13)6-9/h3-6,8H,7,13H2,1-2H3. The van der Waals surface area contributed by atoms with Crippen molar-refractivity contribution >= 4 is 17.4 Å². The highest BCUT2D eigenvalue weighted by atomic mass is 32.2. The van der Waals surface area contributed by atoms with E-state index in [1.807, 2.05) is 24.3 Å². The first-order valence-corrected chi connectivity index (χ1v) is 6.50. The summed E-state index contributed by atoms with van der Waals surface area (Å²) in [6, 6.07) is 7.43. The average molecular weight is 249 g/mol. The van der Waals surface area contributed by atoms with Crippen LogP contribution in [0, 0.1) is 0 Å². The molecule has 17 heavy (non-hydrogen) atoms. The Morgan fingerprint density at radius 3 is 2.94 bits per heavy atom. The third kappa shape index (κ3) is 3.23. The molecule has 0 aliphatic heterocycles. The van der Waals surface area contributed by atoms with Gasteiger partial charge in [0.05, 0.1) is 5.75 Å². The zero-order valence-electron chi connectivity index (χ0n) is 9.88. The number of anilines is 1. The summed E-state index contributed by atoms with van der Waals surface area (Å²) < 4.78 is 5.21. The molecule has 0 atom stereocenters. The highest BCUT2D eigenvalue weighted by Crippen LogP contribution is 2.21. The average Bonchev–Trinajstić information content (AvgIpc) is 2.75. The Morgan fingerprint density at radius 1 is 1.41 bits per heavy atom. The molecule has 4 nitrogen and oxygen atoms in total. The maximum Gasteiger partial charge on any atom is 0.258 e. The summed E-state index contributed by atoms with van der Waals surface area (Å²) in [7, 11) is 0. The van der Waals surface area contributed by atoms with Gasteiger partial charge in [-0.2, -0.15) is 16.7 Å². The number of rotatable bonds is 4. The Kier molecular flexibility index (Phi) is 3.68. The van der Waals surface area contributed by atoms with E-state index in [9.17, 15) is 0 Å². The monoisotopic (exact) mass is 249 g/mol. The number of hydrogen-bond donors (Lipinski definition) is 1.